The number of ether oxygens (including phenoxy) is 1. The zero-order chi connectivity index (χ0) is 24.2. The molecular weight excluding hydrogens is 434 g/mol. The maximum Gasteiger partial charge on any atom is 0.337 e. The molecule has 0 atom stereocenters. The van der Waals surface area contributed by atoms with Crippen LogP contribution in [-0.2, 0) is 14.3 Å². The second-order valence-corrected chi connectivity index (χ2v) is 8.49. The number of nitrogens with zero attached hydrogens (tertiary/aromatic N) is 3. The number of benzene rings is 2. The average molecular weight is 464 g/mol. The molecule has 4 rings (SSSR count). The van der Waals surface area contributed by atoms with E-state index in [1.807, 2.05) is 24.3 Å². The number of likely N-dealkylation sites (N-methyl/N-ethyl adjacent to an activating group) is 2. The molecular formula is C25H29N5O4. The number of amides is 2. The van der Waals surface area contributed by atoms with Gasteiger partial charge in [-0.2, -0.15) is 0 Å². The number of methoxy groups -OCH3 is 1. The molecule has 0 aliphatic carbocycles. The Morgan fingerprint density at radius 1 is 1.12 bits per heavy atom. The molecule has 2 heterocycles. The highest BCUT2D eigenvalue weighted by Crippen LogP contribution is 2.32. The summed E-state index contributed by atoms with van der Waals surface area (Å²) in [4.78, 5) is 42.9. The number of piperazine rings is 1. The first-order chi connectivity index (χ1) is 16.4. The van der Waals surface area contributed by atoms with E-state index in [1.165, 1.54) is 7.11 Å². The molecule has 9 nitrogen and oxygen atoms in total. The summed E-state index contributed by atoms with van der Waals surface area (Å²) in [5.74, 6) is -0.659. The molecule has 2 aromatic carbocycles. The monoisotopic (exact) mass is 463 g/mol. The molecule has 178 valence electrons. The van der Waals surface area contributed by atoms with Crippen molar-refractivity contribution in [1.29, 1.82) is 0 Å². The van der Waals surface area contributed by atoms with Crippen molar-refractivity contribution in [1.82, 2.24) is 9.80 Å². The Morgan fingerprint density at radius 2 is 1.82 bits per heavy atom. The minimum Gasteiger partial charge on any atom is -0.465 e. The highest BCUT2D eigenvalue weighted by Gasteiger charge is 2.25. The first kappa shape index (κ1) is 23.5. The molecule has 0 unspecified atom stereocenters. The fourth-order valence-corrected chi connectivity index (χ4v) is 3.97. The van der Waals surface area contributed by atoms with Crippen molar-refractivity contribution in [2.75, 3.05) is 69.5 Å². The van der Waals surface area contributed by atoms with E-state index < -0.39 is 5.97 Å². The SMILES string of the molecule is COC(=O)c1ccc2c(c1)NC(=O)/C2=C\Nc1ccc(N(C)C(=O)CN2CCN(C)CC2)cc1. The van der Waals surface area contributed by atoms with Gasteiger partial charge in [0.15, 0.2) is 0 Å². The van der Waals surface area contributed by atoms with Crippen molar-refractivity contribution >= 4 is 40.4 Å². The number of rotatable bonds is 6. The molecule has 0 radical (unpaired) electrons. The Labute approximate surface area is 199 Å². The average Bonchev–Trinajstić information content (AvgIpc) is 3.17. The molecule has 34 heavy (non-hydrogen) atoms. The van der Waals surface area contributed by atoms with E-state index in [4.69, 9.17) is 4.74 Å². The Hall–Kier alpha value is -3.69. The predicted molar refractivity (Wildman–Crippen MR) is 132 cm³/mol. The molecule has 1 fully saturated rings. The van der Waals surface area contributed by atoms with Crippen molar-refractivity contribution in [3.63, 3.8) is 0 Å². The van der Waals surface area contributed by atoms with E-state index in [2.05, 4.69) is 27.5 Å². The van der Waals surface area contributed by atoms with Crippen LogP contribution < -0.4 is 15.5 Å². The van der Waals surface area contributed by atoms with Crippen molar-refractivity contribution in [2.24, 2.45) is 0 Å². The first-order valence-corrected chi connectivity index (χ1v) is 11.1. The third kappa shape index (κ3) is 5.11. The number of carbonyl (C=O) groups excluding carboxylic acids is 3. The highest BCUT2D eigenvalue weighted by molar-refractivity contribution is 6.32. The van der Waals surface area contributed by atoms with Gasteiger partial charge in [-0.05, 0) is 43.4 Å². The number of hydrogen-bond acceptors (Lipinski definition) is 7. The standard InChI is InChI=1S/C25H29N5O4/c1-28-10-12-30(13-11-28)16-23(31)29(2)19-7-5-18(6-8-19)26-15-21-20-9-4-17(25(33)34-3)14-22(20)27-24(21)32/h4-9,14-15,26H,10-13,16H2,1-3H3,(H,27,32)/b21-15-. The summed E-state index contributed by atoms with van der Waals surface area (Å²) in [6.45, 7) is 4.15. The van der Waals surface area contributed by atoms with Gasteiger partial charge in [-0.25, -0.2) is 4.79 Å². The first-order valence-electron chi connectivity index (χ1n) is 11.1. The molecule has 2 aliphatic rings. The molecule has 0 aromatic heterocycles. The fraction of sp³-hybridized carbons (Fsp3) is 0.320. The topological polar surface area (TPSA) is 94.2 Å². The summed E-state index contributed by atoms with van der Waals surface area (Å²) < 4.78 is 4.73. The van der Waals surface area contributed by atoms with Crippen molar-refractivity contribution < 1.29 is 19.1 Å². The molecule has 2 aliphatic heterocycles. The Morgan fingerprint density at radius 3 is 2.50 bits per heavy atom. The molecule has 2 N–H and O–H groups in total. The predicted octanol–water partition coefficient (Wildman–Crippen LogP) is 2.09. The van der Waals surface area contributed by atoms with E-state index in [1.54, 1.807) is 36.3 Å². The number of carbonyl (C=O) groups is 3. The third-order valence-electron chi connectivity index (χ3n) is 6.19. The highest BCUT2D eigenvalue weighted by atomic mass is 16.5. The number of hydrogen-bond donors (Lipinski definition) is 2. The van der Waals surface area contributed by atoms with Gasteiger partial charge in [0.1, 0.15) is 0 Å². The third-order valence-corrected chi connectivity index (χ3v) is 6.19. The Balaban J connectivity index is 1.39. The minimum atomic E-state index is -0.459. The quantitative estimate of drug-likeness (QED) is 0.500. The fourth-order valence-electron chi connectivity index (χ4n) is 3.97. The lowest BCUT2D eigenvalue weighted by molar-refractivity contribution is -0.119. The summed E-state index contributed by atoms with van der Waals surface area (Å²) in [5, 5.41) is 5.91. The molecule has 9 heteroatoms. The lowest BCUT2D eigenvalue weighted by atomic mass is 10.1. The van der Waals surface area contributed by atoms with Crippen LogP contribution in [0.5, 0.6) is 0 Å². The van der Waals surface area contributed by atoms with Gasteiger partial charge in [-0.1, -0.05) is 6.07 Å². The maximum absolute atomic E-state index is 12.7. The molecule has 1 saturated heterocycles. The number of nitrogens with one attached hydrogen (secondary N) is 2. The summed E-state index contributed by atoms with van der Waals surface area (Å²) in [6, 6.07) is 12.4. The van der Waals surface area contributed by atoms with Gasteiger partial charge >= 0.3 is 5.97 Å². The van der Waals surface area contributed by atoms with Crippen LogP contribution in [0.3, 0.4) is 0 Å². The van der Waals surface area contributed by atoms with Crippen LogP contribution in [-0.4, -0.2) is 81.5 Å². The zero-order valence-electron chi connectivity index (χ0n) is 19.6. The number of fused-ring (bicyclic) bond motifs is 1. The molecule has 0 saturated carbocycles. The van der Waals surface area contributed by atoms with E-state index in [-0.39, 0.29) is 11.8 Å². The Bertz CT molecular complexity index is 1120. The summed E-state index contributed by atoms with van der Waals surface area (Å²) in [7, 11) is 5.19. The van der Waals surface area contributed by atoms with Crippen LogP contribution in [0.15, 0.2) is 48.7 Å². The largest absolute Gasteiger partial charge is 0.465 e. The Kier molecular flexibility index (Phi) is 6.95. The van der Waals surface area contributed by atoms with Gasteiger partial charge in [0.2, 0.25) is 5.91 Å². The van der Waals surface area contributed by atoms with Gasteiger partial charge < -0.3 is 25.2 Å². The van der Waals surface area contributed by atoms with E-state index in [0.717, 1.165) is 37.6 Å². The van der Waals surface area contributed by atoms with E-state index >= 15 is 0 Å². The van der Waals surface area contributed by atoms with Gasteiger partial charge in [0.25, 0.3) is 5.91 Å². The van der Waals surface area contributed by atoms with Crippen LogP contribution >= 0.6 is 0 Å². The lowest BCUT2D eigenvalue weighted by Crippen LogP contribution is -2.48. The van der Waals surface area contributed by atoms with Crippen LogP contribution in [0.1, 0.15) is 15.9 Å². The lowest BCUT2D eigenvalue weighted by Gasteiger charge is -2.32. The van der Waals surface area contributed by atoms with Crippen LogP contribution in [0.25, 0.3) is 5.57 Å². The van der Waals surface area contributed by atoms with Crippen molar-refractivity contribution in [3.05, 3.63) is 59.8 Å². The van der Waals surface area contributed by atoms with Gasteiger partial charge in [-0.3, -0.25) is 14.5 Å². The second-order valence-electron chi connectivity index (χ2n) is 8.49. The van der Waals surface area contributed by atoms with Crippen molar-refractivity contribution in [3.8, 4) is 0 Å². The van der Waals surface area contributed by atoms with Crippen LogP contribution in [0, 0.1) is 0 Å². The van der Waals surface area contributed by atoms with Gasteiger partial charge in [0, 0.05) is 62.1 Å². The molecule has 0 bridgehead atoms. The number of anilines is 3. The second kappa shape index (κ2) is 10.1. The van der Waals surface area contributed by atoms with Crippen LogP contribution in [0.4, 0.5) is 17.1 Å². The normalized spacial score (nSPS) is 17.3. The maximum atomic E-state index is 12.7. The smallest absolute Gasteiger partial charge is 0.337 e. The van der Waals surface area contributed by atoms with E-state index in [0.29, 0.717) is 28.9 Å². The summed E-state index contributed by atoms with van der Waals surface area (Å²) >= 11 is 0. The zero-order valence-corrected chi connectivity index (χ0v) is 19.6. The molecule has 2 aromatic rings. The van der Waals surface area contributed by atoms with Gasteiger partial charge in [-0.15, -0.1) is 0 Å². The molecule has 0 spiro atoms. The minimum absolute atomic E-state index is 0.0536. The molecule has 2 amide bonds. The van der Waals surface area contributed by atoms with E-state index in [9.17, 15) is 14.4 Å². The summed E-state index contributed by atoms with van der Waals surface area (Å²) in [5.41, 5.74) is 3.70. The van der Waals surface area contributed by atoms with Crippen LogP contribution in [0.2, 0.25) is 0 Å². The number of esters is 1. The van der Waals surface area contributed by atoms with Crippen molar-refractivity contribution in [2.45, 2.75) is 0 Å². The van der Waals surface area contributed by atoms with Gasteiger partial charge in [0.05, 0.1) is 24.8 Å². The summed E-state index contributed by atoms with van der Waals surface area (Å²) in [6.07, 6.45) is 1.64.